The highest BCUT2D eigenvalue weighted by Gasteiger charge is 2.20. The van der Waals surface area contributed by atoms with Crippen LogP contribution in [0.3, 0.4) is 0 Å². The Bertz CT molecular complexity index is 1100. The predicted octanol–water partition coefficient (Wildman–Crippen LogP) is 4.13. The smallest absolute Gasteiger partial charge is 0.271 e. The molecule has 2 heterocycles. The van der Waals surface area contributed by atoms with E-state index in [0.29, 0.717) is 16.9 Å². The van der Waals surface area contributed by atoms with Gasteiger partial charge in [-0.3, -0.25) is 9.59 Å². The number of primary amides is 1. The first-order chi connectivity index (χ1) is 14.9. The van der Waals surface area contributed by atoms with Gasteiger partial charge in [0, 0.05) is 24.3 Å². The summed E-state index contributed by atoms with van der Waals surface area (Å²) in [7, 11) is 0. The zero-order valence-corrected chi connectivity index (χ0v) is 17.4. The number of carbonyl (C=O) groups is 2. The van der Waals surface area contributed by atoms with Crippen molar-refractivity contribution in [3.05, 3.63) is 70.8 Å². The monoisotopic (exact) mass is 441 g/mol. The number of hydrogen-bond donors (Lipinski definition) is 2. The van der Waals surface area contributed by atoms with Crippen molar-refractivity contribution in [3.63, 3.8) is 0 Å². The van der Waals surface area contributed by atoms with E-state index in [-0.39, 0.29) is 22.3 Å². The van der Waals surface area contributed by atoms with E-state index in [9.17, 15) is 14.0 Å². The third kappa shape index (κ3) is 4.39. The van der Waals surface area contributed by atoms with E-state index in [1.807, 2.05) is 4.90 Å². The number of para-hydroxylation sites is 1. The lowest BCUT2D eigenvalue weighted by Crippen LogP contribution is -2.35. The molecule has 3 aromatic rings. The van der Waals surface area contributed by atoms with Crippen LogP contribution >= 0.6 is 11.6 Å². The fourth-order valence-corrected chi connectivity index (χ4v) is 3.85. The van der Waals surface area contributed by atoms with Crippen LogP contribution in [0.2, 0.25) is 5.02 Å². The molecule has 7 nitrogen and oxygen atoms in total. The van der Waals surface area contributed by atoms with Crippen molar-refractivity contribution >= 4 is 34.8 Å². The lowest BCUT2D eigenvalue weighted by Gasteiger charge is -2.26. The van der Waals surface area contributed by atoms with Gasteiger partial charge in [-0.2, -0.15) is 5.10 Å². The maximum Gasteiger partial charge on any atom is 0.271 e. The van der Waals surface area contributed by atoms with Gasteiger partial charge < -0.3 is 16.0 Å². The number of nitrogens with one attached hydrogen (secondary N) is 1. The number of anilines is 2. The molecule has 0 aliphatic carbocycles. The molecule has 31 heavy (non-hydrogen) atoms. The topological polar surface area (TPSA) is 93.2 Å². The number of likely N-dealkylation sites (tertiary alicyclic amines) is 1. The van der Waals surface area contributed by atoms with Gasteiger partial charge in [-0.15, -0.1) is 0 Å². The summed E-state index contributed by atoms with van der Waals surface area (Å²) in [6, 6.07) is 11.2. The Morgan fingerprint density at radius 2 is 1.77 bits per heavy atom. The number of rotatable bonds is 5. The minimum Gasteiger partial charge on any atom is -0.364 e. The summed E-state index contributed by atoms with van der Waals surface area (Å²) in [5, 5.41) is 7.30. The average molecular weight is 442 g/mol. The second-order valence-corrected chi connectivity index (χ2v) is 7.73. The second kappa shape index (κ2) is 8.77. The van der Waals surface area contributed by atoms with E-state index in [2.05, 4.69) is 10.4 Å². The Labute approximate surface area is 183 Å². The quantitative estimate of drug-likeness (QED) is 0.622. The number of halogens is 2. The van der Waals surface area contributed by atoms with Crippen LogP contribution in [0.25, 0.3) is 5.69 Å². The molecule has 2 amide bonds. The molecule has 2 aromatic carbocycles. The Kier molecular flexibility index (Phi) is 5.90. The summed E-state index contributed by atoms with van der Waals surface area (Å²) in [6.07, 6.45) is 4.65. The van der Waals surface area contributed by atoms with Gasteiger partial charge in [0.05, 0.1) is 16.9 Å². The van der Waals surface area contributed by atoms with Crippen LogP contribution in [0, 0.1) is 5.82 Å². The third-order valence-electron chi connectivity index (χ3n) is 5.17. The minimum absolute atomic E-state index is 0.00564. The molecule has 0 unspecified atom stereocenters. The lowest BCUT2D eigenvalue weighted by atomic mass is 10.1. The molecule has 0 bridgehead atoms. The summed E-state index contributed by atoms with van der Waals surface area (Å²) in [4.78, 5) is 26.4. The molecule has 1 saturated heterocycles. The zero-order chi connectivity index (χ0) is 22.0. The minimum atomic E-state index is -0.773. The Hall–Kier alpha value is -3.39. The van der Waals surface area contributed by atoms with Crippen LogP contribution in [-0.4, -0.2) is 39.6 Å². The van der Waals surface area contributed by atoms with E-state index in [1.165, 1.54) is 29.1 Å². The van der Waals surface area contributed by atoms with Crippen molar-refractivity contribution in [1.29, 1.82) is 0 Å². The largest absolute Gasteiger partial charge is 0.364 e. The van der Waals surface area contributed by atoms with E-state index >= 15 is 0 Å². The van der Waals surface area contributed by atoms with Crippen LogP contribution in [0.5, 0.6) is 0 Å². The van der Waals surface area contributed by atoms with Gasteiger partial charge in [0.15, 0.2) is 5.69 Å². The average Bonchev–Trinajstić information content (AvgIpc) is 3.18. The van der Waals surface area contributed by atoms with Crippen molar-refractivity contribution in [2.75, 3.05) is 18.4 Å². The van der Waals surface area contributed by atoms with Gasteiger partial charge in [0.2, 0.25) is 0 Å². The van der Waals surface area contributed by atoms with E-state index in [1.54, 1.807) is 24.3 Å². The normalized spacial score (nSPS) is 13.8. The molecule has 9 heteroatoms. The van der Waals surface area contributed by atoms with E-state index in [0.717, 1.165) is 32.4 Å². The van der Waals surface area contributed by atoms with Gasteiger partial charge in [-0.1, -0.05) is 17.7 Å². The molecule has 1 aliphatic heterocycles. The van der Waals surface area contributed by atoms with Crippen molar-refractivity contribution in [3.8, 4) is 5.69 Å². The molecule has 1 fully saturated rings. The van der Waals surface area contributed by atoms with Gasteiger partial charge >= 0.3 is 0 Å². The van der Waals surface area contributed by atoms with Crippen molar-refractivity contribution in [2.45, 2.75) is 19.3 Å². The molecule has 1 aliphatic rings. The Morgan fingerprint density at radius 3 is 2.42 bits per heavy atom. The standard InChI is InChI=1S/C22H21ClFN5O2/c23-16-5-4-6-17(24)20(16)29-13-18(19(27-29)21(25)30)26-15-9-7-14(8-10-15)22(31)28-11-2-1-3-12-28/h4-10,13,26H,1-3,11-12H2,(H2,25,30). The molecule has 4 rings (SSSR count). The van der Waals surface area contributed by atoms with Crippen molar-refractivity contribution in [2.24, 2.45) is 5.73 Å². The van der Waals surface area contributed by atoms with Crippen LogP contribution in [0.1, 0.15) is 40.1 Å². The molecule has 0 atom stereocenters. The first kappa shape index (κ1) is 20.9. The Morgan fingerprint density at radius 1 is 1.06 bits per heavy atom. The Balaban J connectivity index is 1.58. The number of nitrogens with two attached hydrogens (primary N) is 1. The highest BCUT2D eigenvalue weighted by atomic mass is 35.5. The number of hydrogen-bond acceptors (Lipinski definition) is 4. The highest BCUT2D eigenvalue weighted by Crippen LogP contribution is 2.27. The fourth-order valence-electron chi connectivity index (χ4n) is 3.60. The number of benzene rings is 2. The number of carbonyl (C=O) groups excluding carboxylic acids is 2. The first-order valence-corrected chi connectivity index (χ1v) is 10.3. The summed E-state index contributed by atoms with van der Waals surface area (Å²) in [5.41, 5.74) is 6.91. The first-order valence-electron chi connectivity index (χ1n) is 9.94. The second-order valence-electron chi connectivity index (χ2n) is 7.33. The van der Waals surface area contributed by atoms with Gasteiger partial charge in [0.1, 0.15) is 11.5 Å². The number of piperidine rings is 1. The van der Waals surface area contributed by atoms with Crippen LogP contribution in [0.4, 0.5) is 15.8 Å². The summed E-state index contributed by atoms with van der Waals surface area (Å²) < 4.78 is 15.4. The maximum absolute atomic E-state index is 14.3. The number of nitrogens with zero attached hydrogens (tertiary/aromatic N) is 3. The molecule has 1 aromatic heterocycles. The van der Waals surface area contributed by atoms with E-state index in [4.69, 9.17) is 17.3 Å². The summed E-state index contributed by atoms with van der Waals surface area (Å²) in [6.45, 7) is 1.55. The molecular weight excluding hydrogens is 421 g/mol. The molecule has 0 spiro atoms. The SMILES string of the molecule is NC(=O)c1nn(-c2c(F)cccc2Cl)cc1Nc1ccc(C(=O)N2CCCCC2)cc1. The van der Waals surface area contributed by atoms with E-state index < -0.39 is 11.7 Å². The van der Waals surface area contributed by atoms with Gasteiger partial charge in [-0.05, 0) is 55.7 Å². The number of aromatic nitrogens is 2. The van der Waals surface area contributed by atoms with Crippen LogP contribution in [0.15, 0.2) is 48.7 Å². The van der Waals surface area contributed by atoms with Crippen LogP contribution < -0.4 is 11.1 Å². The molecule has 0 radical (unpaired) electrons. The van der Waals surface area contributed by atoms with Crippen molar-refractivity contribution < 1.29 is 14.0 Å². The molecule has 3 N–H and O–H groups in total. The highest BCUT2D eigenvalue weighted by molar-refractivity contribution is 6.32. The molecule has 0 saturated carbocycles. The van der Waals surface area contributed by atoms with Gasteiger partial charge in [-0.25, -0.2) is 9.07 Å². The fraction of sp³-hybridized carbons (Fsp3) is 0.227. The summed E-state index contributed by atoms with van der Waals surface area (Å²) in [5.74, 6) is -1.35. The zero-order valence-electron chi connectivity index (χ0n) is 16.6. The lowest BCUT2D eigenvalue weighted by molar-refractivity contribution is 0.0724. The van der Waals surface area contributed by atoms with Gasteiger partial charge in [0.25, 0.3) is 11.8 Å². The maximum atomic E-state index is 14.3. The molecular formula is C22H21ClFN5O2. The predicted molar refractivity (Wildman–Crippen MR) is 117 cm³/mol. The number of amides is 2. The summed E-state index contributed by atoms with van der Waals surface area (Å²) >= 11 is 6.10. The third-order valence-corrected chi connectivity index (χ3v) is 5.47. The molecule has 160 valence electrons. The van der Waals surface area contributed by atoms with Crippen LogP contribution in [-0.2, 0) is 0 Å². The van der Waals surface area contributed by atoms with Crippen molar-refractivity contribution in [1.82, 2.24) is 14.7 Å².